The number of carbonyl (C=O) groups excluding carboxylic acids is 1. The zero-order valence-electron chi connectivity index (χ0n) is 19.1. The van der Waals surface area contributed by atoms with E-state index in [1.54, 1.807) is 11.8 Å². The Labute approximate surface area is 194 Å². The molecule has 170 valence electrons. The molecule has 0 fully saturated rings. The van der Waals surface area contributed by atoms with Gasteiger partial charge < -0.3 is 21.1 Å². The van der Waals surface area contributed by atoms with E-state index in [0.29, 0.717) is 10.3 Å². The lowest BCUT2D eigenvalue weighted by molar-refractivity contribution is -0.155. The highest BCUT2D eigenvalue weighted by atomic mass is 35.5. The van der Waals surface area contributed by atoms with E-state index >= 15 is 0 Å². The maximum absolute atomic E-state index is 12.7. The van der Waals surface area contributed by atoms with Gasteiger partial charge in [-0.05, 0) is 45.7 Å². The number of hydrogen-bond donors (Lipinski definition) is 2. The lowest BCUT2D eigenvalue weighted by atomic mass is 9.91. The lowest BCUT2D eigenvalue weighted by Crippen LogP contribution is -2.54. The summed E-state index contributed by atoms with van der Waals surface area (Å²) in [6, 6.07) is 7.13. The second-order valence-corrected chi connectivity index (χ2v) is 11.1. The highest BCUT2D eigenvalue weighted by molar-refractivity contribution is 8.03. The number of hydrogen-bond acceptors (Lipinski definition) is 7. The van der Waals surface area contributed by atoms with Gasteiger partial charge in [-0.1, -0.05) is 37.6 Å². The fourth-order valence-corrected chi connectivity index (χ4v) is 5.57. The van der Waals surface area contributed by atoms with Gasteiger partial charge in [0.05, 0.1) is 29.4 Å². The number of esters is 1. The van der Waals surface area contributed by atoms with Gasteiger partial charge in [0, 0.05) is 21.4 Å². The number of ether oxygens (including phenoxy) is 1. The van der Waals surface area contributed by atoms with Gasteiger partial charge in [-0.15, -0.1) is 11.8 Å². The average Bonchev–Trinajstić information content (AvgIpc) is 2.85. The van der Waals surface area contributed by atoms with Gasteiger partial charge in [0.2, 0.25) is 0 Å². The van der Waals surface area contributed by atoms with E-state index in [-0.39, 0.29) is 24.5 Å². The molecule has 3 rings (SSSR count). The largest absolute Gasteiger partial charge is 0.460 e. The third-order valence-electron chi connectivity index (χ3n) is 5.54. The molecule has 0 aromatic heterocycles. The van der Waals surface area contributed by atoms with Gasteiger partial charge in [0.15, 0.2) is 0 Å². The predicted molar refractivity (Wildman–Crippen MR) is 129 cm³/mol. The van der Waals surface area contributed by atoms with Gasteiger partial charge >= 0.3 is 5.97 Å². The van der Waals surface area contributed by atoms with Crippen LogP contribution < -0.4 is 11.5 Å². The molecule has 0 radical (unpaired) electrons. The fraction of sp³-hybridized carbons (Fsp3) is 0.565. The topological polar surface area (TPSA) is 93.9 Å². The van der Waals surface area contributed by atoms with Crippen LogP contribution in [0.4, 0.5) is 0 Å². The zero-order chi connectivity index (χ0) is 23.1. The average molecular weight is 465 g/mol. The molecule has 4 N–H and O–H groups in total. The maximum Gasteiger partial charge on any atom is 0.308 e. The van der Waals surface area contributed by atoms with Gasteiger partial charge in [0.1, 0.15) is 11.8 Å². The molecule has 8 heteroatoms. The number of nitrogens with two attached hydrogens (primary N) is 2. The van der Waals surface area contributed by atoms with Crippen molar-refractivity contribution in [3.8, 4) is 0 Å². The molecule has 0 spiro atoms. The Bertz CT molecular complexity index is 892. The molecule has 2 aliphatic heterocycles. The van der Waals surface area contributed by atoms with E-state index in [1.165, 1.54) is 0 Å². The Morgan fingerprint density at radius 3 is 2.45 bits per heavy atom. The molecule has 6 nitrogen and oxygen atoms in total. The number of aliphatic imine (C=N–C) groups is 1. The first kappa shape index (κ1) is 24.1. The molecule has 0 saturated heterocycles. The summed E-state index contributed by atoms with van der Waals surface area (Å²) in [4.78, 5) is 19.8. The Hall–Kier alpha value is -1.54. The first-order chi connectivity index (χ1) is 14.4. The van der Waals surface area contributed by atoms with E-state index in [2.05, 4.69) is 13.8 Å². The number of benzene rings is 1. The van der Waals surface area contributed by atoms with Crippen molar-refractivity contribution >= 4 is 35.0 Å². The molecule has 0 saturated carbocycles. The van der Waals surface area contributed by atoms with Crippen LogP contribution in [0.3, 0.4) is 0 Å². The number of allylic oxidation sites excluding steroid dienone is 1. The summed E-state index contributed by atoms with van der Waals surface area (Å²) in [5.74, 6) is -0.0731. The van der Waals surface area contributed by atoms with Gasteiger partial charge in [0.25, 0.3) is 0 Å². The van der Waals surface area contributed by atoms with Gasteiger partial charge in [-0.2, -0.15) is 0 Å². The SMILES string of the molecule is CC1SC2=C(C(c3ccc(Cl)cc3)=N[C@@H](CC(=O)OC(C)(C)C)C(N)N2C(C)N)C1C. The van der Waals surface area contributed by atoms with Crippen LogP contribution in [0.15, 0.2) is 39.9 Å². The van der Waals surface area contributed by atoms with Crippen molar-refractivity contribution in [2.24, 2.45) is 22.4 Å². The van der Waals surface area contributed by atoms with Crippen molar-refractivity contribution in [2.75, 3.05) is 0 Å². The Morgan fingerprint density at radius 2 is 1.90 bits per heavy atom. The van der Waals surface area contributed by atoms with Gasteiger partial charge in [-0.3, -0.25) is 9.79 Å². The first-order valence-corrected chi connectivity index (χ1v) is 11.9. The third-order valence-corrected chi connectivity index (χ3v) is 7.23. The van der Waals surface area contributed by atoms with Crippen LogP contribution in [-0.4, -0.2) is 45.8 Å². The number of rotatable bonds is 4. The summed E-state index contributed by atoms with van der Waals surface area (Å²) in [6.07, 6.45) is -0.799. The van der Waals surface area contributed by atoms with Crippen LogP contribution in [0.25, 0.3) is 0 Å². The lowest BCUT2D eigenvalue weighted by Gasteiger charge is -2.37. The Kier molecular flexibility index (Phi) is 7.11. The summed E-state index contributed by atoms with van der Waals surface area (Å²) >= 11 is 7.90. The second kappa shape index (κ2) is 9.14. The van der Waals surface area contributed by atoms with Crippen molar-refractivity contribution in [3.05, 3.63) is 45.5 Å². The standard InChI is InChI=1S/C23H33ClN4O2S/c1-12-13(2)31-22-19(12)20(15-7-9-16(24)10-8-15)27-17(21(26)28(22)14(3)25)11-18(29)30-23(4,5)6/h7-10,12-14,17,21H,11,25-26H2,1-6H3/t12?,13?,14?,17-,21?/m0/s1. The molecule has 1 aromatic rings. The van der Waals surface area contributed by atoms with E-state index in [9.17, 15) is 4.79 Å². The quantitative estimate of drug-likeness (QED) is 0.651. The maximum atomic E-state index is 12.7. The molecule has 0 amide bonds. The minimum absolute atomic E-state index is 0.0773. The number of nitrogens with zero attached hydrogens (tertiary/aromatic N) is 2. The third kappa shape index (κ3) is 5.28. The number of halogens is 1. The molecule has 1 aromatic carbocycles. The highest BCUT2D eigenvalue weighted by Crippen LogP contribution is 2.47. The van der Waals surface area contributed by atoms with E-state index in [4.69, 9.17) is 32.8 Å². The molecular formula is C23H33ClN4O2S. The molecule has 0 bridgehead atoms. The highest BCUT2D eigenvalue weighted by Gasteiger charge is 2.42. The summed E-state index contributed by atoms with van der Waals surface area (Å²) in [7, 11) is 0. The van der Waals surface area contributed by atoms with Crippen LogP contribution in [0.5, 0.6) is 0 Å². The predicted octanol–water partition coefficient (Wildman–Crippen LogP) is 4.12. The zero-order valence-corrected chi connectivity index (χ0v) is 20.6. The van der Waals surface area contributed by atoms with Crippen LogP contribution in [0, 0.1) is 5.92 Å². The number of thioether (sulfide) groups is 1. The minimum Gasteiger partial charge on any atom is -0.460 e. The normalized spacial score (nSPS) is 27.5. The second-order valence-electron chi connectivity index (χ2n) is 9.31. The van der Waals surface area contributed by atoms with Crippen LogP contribution in [-0.2, 0) is 9.53 Å². The summed E-state index contributed by atoms with van der Waals surface area (Å²) in [6.45, 7) is 11.9. The van der Waals surface area contributed by atoms with Crippen LogP contribution >= 0.6 is 23.4 Å². The smallest absolute Gasteiger partial charge is 0.308 e. The van der Waals surface area contributed by atoms with E-state index in [0.717, 1.165) is 21.9 Å². The summed E-state index contributed by atoms with van der Waals surface area (Å²) < 4.78 is 5.56. The van der Waals surface area contributed by atoms with Crippen LogP contribution in [0.1, 0.15) is 53.5 Å². The molecule has 2 heterocycles. The molecular weight excluding hydrogens is 432 g/mol. The van der Waals surface area contributed by atoms with Crippen molar-refractivity contribution in [1.29, 1.82) is 0 Å². The molecule has 5 atom stereocenters. The van der Waals surface area contributed by atoms with Gasteiger partial charge in [-0.25, -0.2) is 0 Å². The summed E-state index contributed by atoms with van der Waals surface area (Å²) in [5, 5.41) is 2.06. The molecule has 2 aliphatic rings. The van der Waals surface area contributed by atoms with Crippen molar-refractivity contribution in [2.45, 2.75) is 77.2 Å². The molecule has 4 unspecified atom stereocenters. The van der Waals surface area contributed by atoms with Crippen molar-refractivity contribution in [3.63, 3.8) is 0 Å². The minimum atomic E-state index is -0.574. The van der Waals surface area contributed by atoms with Crippen LogP contribution in [0.2, 0.25) is 5.02 Å². The molecule has 31 heavy (non-hydrogen) atoms. The fourth-order valence-electron chi connectivity index (χ4n) is 3.94. The van der Waals surface area contributed by atoms with E-state index in [1.807, 2.05) is 56.9 Å². The van der Waals surface area contributed by atoms with Crippen molar-refractivity contribution in [1.82, 2.24) is 4.90 Å². The Balaban J connectivity index is 2.12. The monoisotopic (exact) mass is 464 g/mol. The first-order valence-electron chi connectivity index (χ1n) is 10.7. The Morgan fingerprint density at radius 1 is 1.29 bits per heavy atom. The van der Waals surface area contributed by atoms with Crippen molar-refractivity contribution < 1.29 is 9.53 Å². The number of carbonyl (C=O) groups is 1. The summed E-state index contributed by atoms with van der Waals surface area (Å²) in [5.41, 5.74) is 15.4. The molecule has 0 aliphatic carbocycles. The van der Waals surface area contributed by atoms with E-state index < -0.39 is 17.8 Å².